The molecular weight excluding hydrogens is 310 g/mol. The molecule has 1 heterocycles. The van der Waals surface area contributed by atoms with Crippen molar-refractivity contribution in [3.8, 4) is 0 Å². The lowest BCUT2D eigenvalue weighted by atomic mass is 10.2. The molecule has 5 heteroatoms. The number of halogens is 3. The van der Waals surface area contributed by atoms with Gasteiger partial charge in [-0.3, -0.25) is 0 Å². The van der Waals surface area contributed by atoms with Crippen molar-refractivity contribution in [1.82, 2.24) is 4.57 Å². The van der Waals surface area contributed by atoms with E-state index >= 15 is 0 Å². The van der Waals surface area contributed by atoms with Crippen molar-refractivity contribution in [1.29, 1.82) is 0 Å². The summed E-state index contributed by atoms with van der Waals surface area (Å²) in [5, 5.41) is 1.85. The molecule has 0 spiro atoms. The largest absolute Gasteiger partial charge is 0.343 e. The summed E-state index contributed by atoms with van der Waals surface area (Å²) in [6, 6.07) is 10.5. The van der Waals surface area contributed by atoms with Crippen LogP contribution in [-0.4, -0.2) is 4.57 Å². The molecule has 0 aliphatic carbocycles. The number of rotatable bonds is 3. The summed E-state index contributed by atoms with van der Waals surface area (Å²) in [6.07, 6.45) is 1.98. The van der Waals surface area contributed by atoms with Crippen LogP contribution in [0.3, 0.4) is 0 Å². The van der Waals surface area contributed by atoms with Crippen molar-refractivity contribution in [2.24, 2.45) is 5.73 Å². The van der Waals surface area contributed by atoms with Gasteiger partial charge in [0.15, 0.2) is 0 Å². The van der Waals surface area contributed by atoms with E-state index in [1.807, 2.05) is 35.0 Å². The highest BCUT2D eigenvalue weighted by atomic mass is 35.5. The topological polar surface area (TPSA) is 30.9 Å². The highest BCUT2D eigenvalue weighted by Crippen LogP contribution is 2.26. The van der Waals surface area contributed by atoms with Gasteiger partial charge in [0.25, 0.3) is 0 Å². The van der Waals surface area contributed by atoms with Crippen molar-refractivity contribution in [2.75, 3.05) is 0 Å². The summed E-state index contributed by atoms with van der Waals surface area (Å²) in [6.45, 7) is 0.977. The minimum absolute atomic E-state index is 0.127. The van der Waals surface area contributed by atoms with Crippen molar-refractivity contribution in [2.45, 2.75) is 13.1 Å². The predicted octanol–water partition coefficient (Wildman–Crippen LogP) is 4.59. The van der Waals surface area contributed by atoms with E-state index in [4.69, 9.17) is 28.9 Å². The first-order valence-corrected chi connectivity index (χ1v) is 7.25. The van der Waals surface area contributed by atoms with Crippen molar-refractivity contribution < 1.29 is 4.39 Å². The van der Waals surface area contributed by atoms with Gasteiger partial charge in [0, 0.05) is 29.7 Å². The molecule has 21 heavy (non-hydrogen) atoms. The molecule has 0 unspecified atom stereocenters. The summed E-state index contributed by atoms with van der Waals surface area (Å²) in [5.74, 6) is -0.414. The molecule has 0 aliphatic rings. The normalized spacial score (nSPS) is 11.2. The van der Waals surface area contributed by atoms with Crippen LogP contribution >= 0.6 is 23.2 Å². The quantitative estimate of drug-likeness (QED) is 0.751. The first kappa shape index (κ1) is 14.4. The van der Waals surface area contributed by atoms with E-state index < -0.39 is 5.82 Å². The number of benzene rings is 2. The fourth-order valence-electron chi connectivity index (χ4n) is 2.47. The monoisotopic (exact) mass is 322 g/mol. The number of aromatic nitrogens is 1. The first-order chi connectivity index (χ1) is 10.1. The van der Waals surface area contributed by atoms with Crippen LogP contribution in [-0.2, 0) is 13.1 Å². The molecule has 3 aromatic rings. The summed E-state index contributed by atoms with van der Waals surface area (Å²) in [7, 11) is 0. The smallest absolute Gasteiger partial charge is 0.142 e. The van der Waals surface area contributed by atoms with Crippen LogP contribution in [0.4, 0.5) is 4.39 Å². The van der Waals surface area contributed by atoms with Crippen molar-refractivity contribution in [3.63, 3.8) is 0 Å². The minimum atomic E-state index is -0.414. The molecule has 0 bridgehead atoms. The predicted molar refractivity (Wildman–Crippen MR) is 85.4 cm³/mol. The van der Waals surface area contributed by atoms with E-state index in [9.17, 15) is 4.39 Å². The lowest BCUT2D eigenvalue weighted by Gasteiger charge is -2.07. The van der Waals surface area contributed by atoms with Crippen LogP contribution in [0.5, 0.6) is 0 Å². The second-order valence-electron chi connectivity index (χ2n) is 4.90. The van der Waals surface area contributed by atoms with Gasteiger partial charge in [0.05, 0.1) is 10.5 Å². The van der Waals surface area contributed by atoms with Gasteiger partial charge in [-0.1, -0.05) is 35.3 Å². The highest BCUT2D eigenvalue weighted by molar-refractivity contribution is 6.31. The van der Waals surface area contributed by atoms with Crippen LogP contribution in [0.25, 0.3) is 10.9 Å². The summed E-state index contributed by atoms with van der Waals surface area (Å²) < 4.78 is 15.6. The third kappa shape index (κ3) is 2.77. The Labute approximate surface area is 131 Å². The Morgan fingerprint density at radius 2 is 1.90 bits per heavy atom. The molecule has 108 valence electrons. The van der Waals surface area contributed by atoms with E-state index in [0.29, 0.717) is 18.1 Å². The van der Waals surface area contributed by atoms with Crippen molar-refractivity contribution in [3.05, 3.63) is 69.6 Å². The molecule has 0 radical (unpaired) electrons. The van der Waals surface area contributed by atoms with E-state index in [-0.39, 0.29) is 5.02 Å². The third-order valence-corrected chi connectivity index (χ3v) is 4.03. The van der Waals surface area contributed by atoms with Gasteiger partial charge in [-0.15, -0.1) is 0 Å². The lowest BCUT2D eigenvalue weighted by molar-refractivity contribution is 0.624. The van der Waals surface area contributed by atoms with Crippen LogP contribution in [0.1, 0.15) is 11.1 Å². The Morgan fingerprint density at radius 3 is 2.62 bits per heavy atom. The second kappa shape index (κ2) is 5.68. The van der Waals surface area contributed by atoms with Crippen LogP contribution in [0, 0.1) is 5.82 Å². The Morgan fingerprint density at radius 1 is 1.10 bits per heavy atom. The Kier molecular flexibility index (Phi) is 3.89. The maximum absolute atomic E-state index is 13.5. The molecule has 2 nitrogen and oxygen atoms in total. The Bertz CT molecular complexity index is 811. The van der Waals surface area contributed by atoms with Gasteiger partial charge in [0.2, 0.25) is 0 Å². The molecule has 0 saturated heterocycles. The number of nitrogens with zero attached hydrogens (tertiary/aromatic N) is 1. The van der Waals surface area contributed by atoms with E-state index in [0.717, 1.165) is 22.0 Å². The standard InChI is InChI=1S/C16H13Cl2FN2/c17-12-2-3-13-11(7-20)9-21(16(13)6-12)8-10-1-4-14(18)15(19)5-10/h1-6,9H,7-8,20H2. The molecular formula is C16H13Cl2FN2. The molecule has 0 atom stereocenters. The molecule has 0 fully saturated rings. The maximum atomic E-state index is 13.5. The summed E-state index contributed by atoms with van der Waals surface area (Å²) in [5.41, 5.74) is 8.63. The summed E-state index contributed by atoms with van der Waals surface area (Å²) in [4.78, 5) is 0. The zero-order chi connectivity index (χ0) is 15.0. The Balaban J connectivity index is 2.07. The lowest BCUT2D eigenvalue weighted by Crippen LogP contribution is -1.99. The first-order valence-electron chi connectivity index (χ1n) is 6.50. The summed E-state index contributed by atoms with van der Waals surface area (Å²) >= 11 is 11.8. The van der Waals surface area contributed by atoms with E-state index in [1.165, 1.54) is 6.07 Å². The average molecular weight is 323 g/mol. The van der Waals surface area contributed by atoms with Gasteiger partial charge in [-0.2, -0.15) is 0 Å². The second-order valence-corrected chi connectivity index (χ2v) is 5.74. The van der Waals surface area contributed by atoms with Gasteiger partial charge < -0.3 is 10.3 Å². The highest BCUT2D eigenvalue weighted by Gasteiger charge is 2.09. The number of hydrogen-bond donors (Lipinski definition) is 1. The maximum Gasteiger partial charge on any atom is 0.142 e. The minimum Gasteiger partial charge on any atom is -0.343 e. The van der Waals surface area contributed by atoms with Gasteiger partial charge in [-0.25, -0.2) is 4.39 Å². The molecule has 2 aromatic carbocycles. The SMILES string of the molecule is NCc1cn(Cc2ccc(Cl)c(F)c2)c2cc(Cl)ccc12. The number of hydrogen-bond acceptors (Lipinski definition) is 1. The molecule has 1 aromatic heterocycles. The molecule has 3 rings (SSSR count). The van der Waals surface area contributed by atoms with E-state index in [1.54, 1.807) is 6.07 Å². The molecule has 2 N–H and O–H groups in total. The zero-order valence-corrected chi connectivity index (χ0v) is 12.6. The van der Waals surface area contributed by atoms with Gasteiger partial charge >= 0.3 is 0 Å². The number of nitrogens with two attached hydrogens (primary N) is 1. The molecule has 0 amide bonds. The van der Waals surface area contributed by atoms with Gasteiger partial charge in [-0.05, 0) is 35.4 Å². The van der Waals surface area contributed by atoms with Crippen LogP contribution in [0.2, 0.25) is 10.0 Å². The van der Waals surface area contributed by atoms with E-state index in [2.05, 4.69) is 0 Å². The fourth-order valence-corrected chi connectivity index (χ4v) is 2.75. The average Bonchev–Trinajstić information content (AvgIpc) is 2.80. The van der Waals surface area contributed by atoms with Crippen LogP contribution < -0.4 is 5.73 Å². The van der Waals surface area contributed by atoms with Crippen molar-refractivity contribution >= 4 is 34.1 Å². The zero-order valence-electron chi connectivity index (χ0n) is 11.1. The van der Waals surface area contributed by atoms with Gasteiger partial charge in [0.1, 0.15) is 5.82 Å². The van der Waals surface area contributed by atoms with Crippen LogP contribution in [0.15, 0.2) is 42.6 Å². The molecule has 0 saturated carbocycles. The molecule has 0 aliphatic heterocycles. The fraction of sp³-hybridized carbons (Fsp3) is 0.125. The number of fused-ring (bicyclic) bond motifs is 1. The Hall–Kier alpha value is -1.55. The third-order valence-electron chi connectivity index (χ3n) is 3.48.